The van der Waals surface area contributed by atoms with Crippen LogP contribution in [0, 0.1) is 6.92 Å². The molecule has 0 unspecified atom stereocenters. The first-order valence-corrected chi connectivity index (χ1v) is 10.3. The second kappa shape index (κ2) is 9.13. The van der Waals surface area contributed by atoms with Crippen LogP contribution in [0.1, 0.15) is 54.0 Å². The summed E-state index contributed by atoms with van der Waals surface area (Å²) in [6.07, 6.45) is -0.791. The van der Waals surface area contributed by atoms with Gasteiger partial charge >= 0.3 is 12.1 Å². The van der Waals surface area contributed by atoms with Crippen LogP contribution in [0.5, 0.6) is 0 Å². The highest BCUT2D eigenvalue weighted by atomic mass is 16.6. The Kier molecular flexibility index (Phi) is 7.21. The van der Waals surface area contributed by atoms with E-state index in [0.29, 0.717) is 11.4 Å². The van der Waals surface area contributed by atoms with Crippen molar-refractivity contribution in [1.29, 1.82) is 0 Å². The maximum Gasteiger partial charge on any atom is 0.412 e. The Morgan fingerprint density at radius 3 is 2.42 bits per heavy atom. The van der Waals surface area contributed by atoms with E-state index in [1.165, 1.54) is 11.8 Å². The summed E-state index contributed by atoms with van der Waals surface area (Å²) in [5, 5.41) is 8.27. The second-order valence-electron chi connectivity index (χ2n) is 9.23. The van der Waals surface area contributed by atoms with Crippen molar-refractivity contribution in [1.82, 2.24) is 10.2 Å². The second-order valence-corrected chi connectivity index (χ2v) is 9.23. The maximum absolute atomic E-state index is 12.8. The Labute approximate surface area is 183 Å². The molecule has 9 heteroatoms. The standard InChI is InChI=1S/C22H34N4O5/c1-13-9-10-16(11-17(13)24-15(3)27)25-19(28)23-12-18-14(2)30-22(7,8)26(18)20(29)31-21(4,5)6/h9-11,14,18H,12H2,1-8H3,(H,24,27)(H2,23,25,28)/t14-,18+/m0/s1. The first-order valence-electron chi connectivity index (χ1n) is 10.3. The quantitative estimate of drug-likeness (QED) is 0.667. The largest absolute Gasteiger partial charge is 0.444 e. The molecule has 3 N–H and O–H groups in total. The van der Waals surface area contributed by atoms with Crippen molar-refractivity contribution < 1.29 is 23.9 Å². The number of amides is 4. The van der Waals surface area contributed by atoms with Gasteiger partial charge in [-0.2, -0.15) is 0 Å². The highest BCUT2D eigenvalue weighted by molar-refractivity contribution is 5.93. The number of ether oxygens (including phenoxy) is 2. The van der Waals surface area contributed by atoms with Crippen LogP contribution in [-0.4, -0.2) is 52.9 Å². The van der Waals surface area contributed by atoms with Crippen molar-refractivity contribution in [2.45, 2.75) is 78.9 Å². The summed E-state index contributed by atoms with van der Waals surface area (Å²) in [7, 11) is 0. The molecule has 1 aromatic rings. The summed E-state index contributed by atoms with van der Waals surface area (Å²) in [5.41, 5.74) is 0.529. The van der Waals surface area contributed by atoms with Crippen LogP contribution in [-0.2, 0) is 14.3 Å². The van der Waals surface area contributed by atoms with Crippen molar-refractivity contribution in [3.8, 4) is 0 Å². The Bertz CT molecular complexity index is 847. The van der Waals surface area contributed by atoms with Crippen molar-refractivity contribution in [3.05, 3.63) is 23.8 Å². The number of carbonyl (C=O) groups is 3. The van der Waals surface area contributed by atoms with E-state index < -0.39 is 29.5 Å². The molecule has 1 aliphatic heterocycles. The Hall–Kier alpha value is -2.81. The molecule has 0 spiro atoms. The van der Waals surface area contributed by atoms with Gasteiger partial charge in [-0.25, -0.2) is 9.59 Å². The monoisotopic (exact) mass is 434 g/mol. The number of anilines is 2. The molecule has 2 rings (SSSR count). The molecule has 9 nitrogen and oxygen atoms in total. The molecule has 172 valence electrons. The van der Waals surface area contributed by atoms with Gasteiger partial charge < -0.3 is 25.4 Å². The van der Waals surface area contributed by atoms with Gasteiger partial charge in [0.1, 0.15) is 11.3 Å². The van der Waals surface area contributed by atoms with Crippen molar-refractivity contribution in [2.75, 3.05) is 17.2 Å². The highest BCUT2D eigenvalue weighted by Gasteiger charge is 2.49. The average molecular weight is 435 g/mol. The molecule has 1 fully saturated rings. The fraction of sp³-hybridized carbons (Fsp3) is 0.591. The van der Waals surface area contributed by atoms with E-state index in [2.05, 4.69) is 16.0 Å². The lowest BCUT2D eigenvalue weighted by molar-refractivity contribution is -0.114. The molecule has 31 heavy (non-hydrogen) atoms. The molecule has 1 heterocycles. The summed E-state index contributed by atoms with van der Waals surface area (Å²) >= 11 is 0. The van der Waals surface area contributed by atoms with Gasteiger partial charge in [0.05, 0.1) is 12.1 Å². The number of hydrogen-bond acceptors (Lipinski definition) is 5. The molecule has 0 saturated carbocycles. The smallest absolute Gasteiger partial charge is 0.412 e. The minimum absolute atomic E-state index is 0.181. The number of hydrogen-bond donors (Lipinski definition) is 3. The summed E-state index contributed by atoms with van der Waals surface area (Å²) in [4.78, 5) is 38.1. The van der Waals surface area contributed by atoms with Crippen LogP contribution < -0.4 is 16.0 Å². The first kappa shape index (κ1) is 24.5. The number of urea groups is 1. The van der Waals surface area contributed by atoms with Gasteiger partial charge in [-0.05, 0) is 66.2 Å². The number of nitrogens with one attached hydrogen (secondary N) is 3. The Morgan fingerprint density at radius 2 is 1.84 bits per heavy atom. The van der Waals surface area contributed by atoms with Gasteiger partial charge in [0.2, 0.25) is 5.91 Å². The van der Waals surface area contributed by atoms with Gasteiger partial charge in [0, 0.05) is 24.8 Å². The molecule has 0 bridgehead atoms. The van der Waals surface area contributed by atoms with Gasteiger partial charge in [-0.3, -0.25) is 9.69 Å². The fourth-order valence-corrected chi connectivity index (χ4v) is 3.52. The predicted octanol–water partition coefficient (Wildman–Crippen LogP) is 3.84. The van der Waals surface area contributed by atoms with E-state index in [9.17, 15) is 14.4 Å². The van der Waals surface area contributed by atoms with Crippen LogP contribution in [0.2, 0.25) is 0 Å². The zero-order valence-corrected chi connectivity index (χ0v) is 19.6. The zero-order valence-electron chi connectivity index (χ0n) is 19.6. The van der Waals surface area contributed by atoms with Crippen LogP contribution in [0.4, 0.5) is 21.0 Å². The summed E-state index contributed by atoms with van der Waals surface area (Å²) in [5.74, 6) is -0.190. The van der Waals surface area contributed by atoms with Crippen LogP contribution >= 0.6 is 0 Å². The number of carbonyl (C=O) groups excluding carboxylic acids is 3. The molecule has 1 saturated heterocycles. The van der Waals surface area contributed by atoms with Crippen molar-refractivity contribution in [2.24, 2.45) is 0 Å². The predicted molar refractivity (Wildman–Crippen MR) is 119 cm³/mol. The first-order chi connectivity index (χ1) is 14.2. The average Bonchev–Trinajstić information content (AvgIpc) is 2.82. The number of rotatable bonds is 4. The van der Waals surface area contributed by atoms with Gasteiger partial charge in [-0.15, -0.1) is 0 Å². The van der Waals surface area contributed by atoms with Gasteiger partial charge in [0.25, 0.3) is 0 Å². The molecular weight excluding hydrogens is 400 g/mol. The topological polar surface area (TPSA) is 109 Å². The third-order valence-electron chi connectivity index (χ3n) is 4.80. The molecule has 0 aromatic heterocycles. The van der Waals surface area contributed by atoms with E-state index in [4.69, 9.17) is 9.47 Å². The summed E-state index contributed by atoms with van der Waals surface area (Å²) in [6, 6.07) is 4.41. The van der Waals surface area contributed by atoms with E-state index >= 15 is 0 Å². The van der Waals surface area contributed by atoms with Crippen molar-refractivity contribution >= 4 is 29.4 Å². The normalized spacial score (nSPS) is 20.2. The molecule has 1 aromatic carbocycles. The lowest BCUT2D eigenvalue weighted by atomic mass is 10.1. The molecule has 0 radical (unpaired) electrons. The van der Waals surface area contributed by atoms with Gasteiger partial charge in [-0.1, -0.05) is 6.07 Å². The van der Waals surface area contributed by atoms with Crippen LogP contribution in [0.25, 0.3) is 0 Å². The van der Waals surface area contributed by atoms with E-state index in [1.54, 1.807) is 52.8 Å². The van der Waals surface area contributed by atoms with Gasteiger partial charge in [0.15, 0.2) is 0 Å². The Morgan fingerprint density at radius 1 is 1.19 bits per heavy atom. The van der Waals surface area contributed by atoms with Crippen LogP contribution in [0.3, 0.4) is 0 Å². The molecule has 1 aliphatic rings. The third-order valence-corrected chi connectivity index (χ3v) is 4.80. The van der Waals surface area contributed by atoms with Crippen molar-refractivity contribution in [3.63, 3.8) is 0 Å². The number of nitrogens with zero attached hydrogens (tertiary/aromatic N) is 1. The zero-order chi connectivity index (χ0) is 23.6. The molecule has 2 atom stereocenters. The Balaban J connectivity index is 2.05. The molecule has 0 aliphatic carbocycles. The lowest BCUT2D eigenvalue weighted by Crippen LogP contribution is -2.53. The SMILES string of the molecule is CC(=O)Nc1cc(NC(=O)NC[C@@H]2[C@H](C)OC(C)(C)N2C(=O)OC(C)(C)C)ccc1C. The molecular formula is C22H34N4O5. The van der Waals surface area contributed by atoms with E-state index in [0.717, 1.165) is 5.56 Å². The van der Waals surface area contributed by atoms with E-state index in [1.807, 2.05) is 13.8 Å². The summed E-state index contributed by atoms with van der Waals surface area (Å²) in [6.45, 7) is 14.3. The fourth-order valence-electron chi connectivity index (χ4n) is 3.52. The number of benzene rings is 1. The summed E-state index contributed by atoms with van der Waals surface area (Å²) < 4.78 is 11.5. The highest BCUT2D eigenvalue weighted by Crippen LogP contribution is 2.33. The lowest BCUT2D eigenvalue weighted by Gasteiger charge is -2.35. The van der Waals surface area contributed by atoms with Crippen LogP contribution in [0.15, 0.2) is 18.2 Å². The number of aryl methyl sites for hydroxylation is 1. The minimum atomic E-state index is -0.866. The third kappa shape index (κ3) is 6.58. The maximum atomic E-state index is 12.8. The van der Waals surface area contributed by atoms with E-state index in [-0.39, 0.29) is 18.6 Å². The molecule has 4 amide bonds. The minimum Gasteiger partial charge on any atom is -0.444 e.